The minimum atomic E-state index is -0.996. The van der Waals surface area contributed by atoms with Crippen molar-refractivity contribution in [2.45, 2.75) is 26.7 Å². The van der Waals surface area contributed by atoms with Gasteiger partial charge in [-0.25, -0.2) is 4.79 Å². The molecule has 4 nitrogen and oxygen atoms in total. The Morgan fingerprint density at radius 3 is 2.81 bits per heavy atom. The molecule has 0 saturated heterocycles. The molecule has 0 unspecified atom stereocenters. The van der Waals surface area contributed by atoms with Crippen molar-refractivity contribution in [3.05, 3.63) is 29.8 Å². The van der Waals surface area contributed by atoms with Gasteiger partial charge in [0.2, 0.25) is 0 Å². The van der Waals surface area contributed by atoms with Gasteiger partial charge < -0.3 is 14.6 Å². The summed E-state index contributed by atoms with van der Waals surface area (Å²) in [5, 5.41) is 8.71. The highest BCUT2D eigenvalue weighted by atomic mass is 16.5. The van der Waals surface area contributed by atoms with Crippen LogP contribution in [-0.4, -0.2) is 24.3 Å². The molecule has 0 fully saturated rings. The maximum Gasteiger partial charge on any atom is 0.328 e. The van der Waals surface area contributed by atoms with Crippen molar-refractivity contribution in [3.63, 3.8) is 0 Å². The number of aliphatic carboxylic acids is 1. The summed E-state index contributed by atoms with van der Waals surface area (Å²) in [7, 11) is 0. The van der Waals surface area contributed by atoms with Gasteiger partial charge in [0.15, 0.2) is 0 Å². The van der Waals surface area contributed by atoms with Crippen molar-refractivity contribution >= 4 is 12.0 Å². The lowest BCUT2D eigenvalue weighted by Gasteiger charge is -2.11. The SMILES string of the molecule is CC#CCCOc1cc(OCCC)ccc1/C=C/C(=O)O. The molecule has 0 aromatic heterocycles. The van der Waals surface area contributed by atoms with Gasteiger partial charge in [0, 0.05) is 24.1 Å². The molecule has 21 heavy (non-hydrogen) atoms. The zero-order chi connectivity index (χ0) is 15.5. The van der Waals surface area contributed by atoms with Gasteiger partial charge in [-0.2, -0.15) is 0 Å². The summed E-state index contributed by atoms with van der Waals surface area (Å²) in [6.07, 6.45) is 4.13. The maximum absolute atomic E-state index is 10.6. The number of carbonyl (C=O) groups is 1. The van der Waals surface area contributed by atoms with E-state index < -0.39 is 5.97 Å². The Bertz CT molecular complexity index is 550. The molecule has 0 amide bonds. The van der Waals surface area contributed by atoms with Crippen LogP contribution in [0.1, 0.15) is 32.3 Å². The second kappa shape index (κ2) is 9.49. The fraction of sp³-hybridized carbons (Fsp3) is 0.353. The summed E-state index contributed by atoms with van der Waals surface area (Å²) in [4.78, 5) is 10.6. The Labute approximate surface area is 125 Å². The van der Waals surface area contributed by atoms with E-state index in [2.05, 4.69) is 11.8 Å². The van der Waals surface area contributed by atoms with Gasteiger partial charge in [-0.3, -0.25) is 0 Å². The summed E-state index contributed by atoms with van der Waals surface area (Å²) in [5.41, 5.74) is 0.700. The predicted molar refractivity (Wildman–Crippen MR) is 82.5 cm³/mol. The lowest BCUT2D eigenvalue weighted by molar-refractivity contribution is -0.131. The molecule has 0 aliphatic carbocycles. The van der Waals surface area contributed by atoms with Crippen LogP contribution in [0.25, 0.3) is 6.08 Å². The van der Waals surface area contributed by atoms with E-state index in [0.717, 1.165) is 12.5 Å². The van der Waals surface area contributed by atoms with Crippen molar-refractivity contribution in [3.8, 4) is 23.3 Å². The smallest absolute Gasteiger partial charge is 0.328 e. The standard InChI is InChI=1S/C17H20O4/c1-3-5-6-12-21-16-13-15(20-11-4-2)9-7-14(16)8-10-17(18)19/h7-10,13H,4,6,11-12H2,1-2H3,(H,18,19)/b10-8+. The predicted octanol–water partition coefficient (Wildman–Crippen LogP) is 3.37. The Kier molecular flexibility index (Phi) is 7.52. The van der Waals surface area contributed by atoms with Crippen LogP contribution >= 0.6 is 0 Å². The van der Waals surface area contributed by atoms with E-state index in [1.165, 1.54) is 6.08 Å². The van der Waals surface area contributed by atoms with Crippen molar-refractivity contribution in [1.29, 1.82) is 0 Å². The lowest BCUT2D eigenvalue weighted by Crippen LogP contribution is -2.00. The lowest BCUT2D eigenvalue weighted by atomic mass is 10.1. The minimum absolute atomic E-state index is 0.450. The Hall–Kier alpha value is -2.41. The molecular formula is C17H20O4. The van der Waals surface area contributed by atoms with E-state index >= 15 is 0 Å². The van der Waals surface area contributed by atoms with Gasteiger partial charge in [0.1, 0.15) is 11.5 Å². The first-order valence-corrected chi connectivity index (χ1v) is 6.87. The highest BCUT2D eigenvalue weighted by Gasteiger charge is 2.04. The van der Waals surface area contributed by atoms with Crippen molar-refractivity contribution in [2.75, 3.05) is 13.2 Å². The number of benzene rings is 1. The van der Waals surface area contributed by atoms with Crippen LogP contribution in [0.2, 0.25) is 0 Å². The third-order valence-electron chi connectivity index (χ3n) is 2.52. The molecule has 1 N–H and O–H groups in total. The van der Waals surface area contributed by atoms with Gasteiger partial charge in [-0.15, -0.1) is 11.8 Å². The molecule has 0 aliphatic rings. The molecule has 1 aromatic rings. The van der Waals surface area contributed by atoms with Crippen LogP contribution in [0.3, 0.4) is 0 Å². The van der Waals surface area contributed by atoms with E-state index in [1.54, 1.807) is 25.1 Å². The number of carboxylic acids is 1. The fourth-order valence-electron chi connectivity index (χ4n) is 1.59. The average molecular weight is 288 g/mol. The van der Waals surface area contributed by atoms with E-state index in [-0.39, 0.29) is 0 Å². The Morgan fingerprint density at radius 1 is 1.33 bits per heavy atom. The molecule has 0 spiro atoms. The van der Waals surface area contributed by atoms with Gasteiger partial charge >= 0.3 is 5.97 Å². The topological polar surface area (TPSA) is 55.8 Å². The number of hydrogen-bond acceptors (Lipinski definition) is 3. The summed E-state index contributed by atoms with van der Waals surface area (Å²) in [6.45, 7) is 4.89. The van der Waals surface area contributed by atoms with E-state index in [1.807, 2.05) is 6.92 Å². The molecule has 0 saturated carbocycles. The Balaban J connectivity index is 2.87. The summed E-state index contributed by atoms with van der Waals surface area (Å²) in [5.74, 6) is 6.03. The normalized spacial score (nSPS) is 10.0. The zero-order valence-electron chi connectivity index (χ0n) is 12.4. The molecule has 0 bridgehead atoms. The fourth-order valence-corrected chi connectivity index (χ4v) is 1.59. The van der Waals surface area contributed by atoms with Gasteiger partial charge in [-0.1, -0.05) is 6.92 Å². The second-order valence-electron chi connectivity index (χ2n) is 4.24. The first-order chi connectivity index (χ1) is 10.2. The van der Waals surface area contributed by atoms with E-state index in [0.29, 0.717) is 36.7 Å². The first kappa shape index (κ1) is 16.6. The molecule has 0 atom stereocenters. The van der Waals surface area contributed by atoms with Crippen molar-refractivity contribution < 1.29 is 19.4 Å². The van der Waals surface area contributed by atoms with E-state index in [9.17, 15) is 4.79 Å². The molecular weight excluding hydrogens is 268 g/mol. The van der Waals surface area contributed by atoms with Crippen LogP contribution in [0.15, 0.2) is 24.3 Å². The van der Waals surface area contributed by atoms with Crippen LogP contribution in [0.4, 0.5) is 0 Å². The number of carboxylic acid groups (broad SMARTS) is 1. The maximum atomic E-state index is 10.6. The van der Waals surface area contributed by atoms with Crippen molar-refractivity contribution in [2.24, 2.45) is 0 Å². The number of hydrogen-bond donors (Lipinski definition) is 1. The third kappa shape index (κ3) is 6.53. The molecule has 0 radical (unpaired) electrons. The molecule has 1 rings (SSSR count). The molecule has 0 aliphatic heterocycles. The highest BCUT2D eigenvalue weighted by Crippen LogP contribution is 2.26. The molecule has 0 heterocycles. The largest absolute Gasteiger partial charge is 0.493 e. The summed E-state index contributed by atoms with van der Waals surface area (Å²) in [6, 6.07) is 5.36. The first-order valence-electron chi connectivity index (χ1n) is 6.87. The van der Waals surface area contributed by atoms with Crippen LogP contribution in [0, 0.1) is 11.8 Å². The quantitative estimate of drug-likeness (QED) is 0.453. The Morgan fingerprint density at radius 2 is 2.14 bits per heavy atom. The second-order valence-corrected chi connectivity index (χ2v) is 4.24. The van der Waals surface area contributed by atoms with Gasteiger partial charge in [0.05, 0.1) is 13.2 Å². The van der Waals surface area contributed by atoms with Crippen LogP contribution in [0.5, 0.6) is 11.5 Å². The van der Waals surface area contributed by atoms with Gasteiger partial charge in [0.25, 0.3) is 0 Å². The van der Waals surface area contributed by atoms with Crippen LogP contribution < -0.4 is 9.47 Å². The summed E-state index contributed by atoms with van der Waals surface area (Å²) < 4.78 is 11.2. The van der Waals surface area contributed by atoms with Crippen LogP contribution in [-0.2, 0) is 4.79 Å². The minimum Gasteiger partial charge on any atom is -0.493 e. The third-order valence-corrected chi connectivity index (χ3v) is 2.52. The number of ether oxygens (including phenoxy) is 2. The molecule has 4 heteroatoms. The molecule has 1 aromatic carbocycles. The zero-order valence-corrected chi connectivity index (χ0v) is 12.4. The van der Waals surface area contributed by atoms with Gasteiger partial charge in [-0.05, 0) is 31.6 Å². The highest BCUT2D eigenvalue weighted by molar-refractivity contribution is 5.86. The number of rotatable bonds is 8. The van der Waals surface area contributed by atoms with E-state index in [4.69, 9.17) is 14.6 Å². The molecule has 112 valence electrons. The monoisotopic (exact) mass is 288 g/mol. The van der Waals surface area contributed by atoms with Crippen molar-refractivity contribution in [1.82, 2.24) is 0 Å². The summed E-state index contributed by atoms with van der Waals surface area (Å²) >= 11 is 0. The average Bonchev–Trinajstić information content (AvgIpc) is 2.48.